The molecule has 0 saturated carbocycles. The number of halogens is 1. The number of benzene rings is 1. The molecule has 1 aliphatic rings. The van der Waals surface area contributed by atoms with Crippen LogP contribution in [-0.2, 0) is 4.79 Å². The number of carbonyl (C=O) groups is 1. The summed E-state index contributed by atoms with van der Waals surface area (Å²) in [6.07, 6.45) is 0.932. The van der Waals surface area contributed by atoms with Crippen molar-refractivity contribution < 1.29 is 4.79 Å². The largest absolute Gasteiger partial charge is 0.340 e. The number of nitrogens with zero attached hydrogens (tertiary/aromatic N) is 1. The maximum absolute atomic E-state index is 11.8. The molecule has 0 unspecified atom stereocenters. The van der Waals surface area contributed by atoms with Gasteiger partial charge in [-0.05, 0) is 18.6 Å². The van der Waals surface area contributed by atoms with E-state index in [0.29, 0.717) is 12.3 Å². The maximum Gasteiger partial charge on any atom is 0.232 e. The molecule has 1 saturated heterocycles. The second-order valence-corrected chi connectivity index (χ2v) is 5.04. The van der Waals surface area contributed by atoms with Crippen LogP contribution in [0.5, 0.6) is 0 Å². The van der Waals surface area contributed by atoms with Crippen LogP contribution in [0.4, 0.5) is 0 Å². The Morgan fingerprint density at radius 1 is 1.41 bits per heavy atom. The van der Waals surface area contributed by atoms with Crippen molar-refractivity contribution in [3.63, 3.8) is 0 Å². The summed E-state index contributed by atoms with van der Waals surface area (Å²) < 4.78 is 0. The predicted molar refractivity (Wildman–Crippen MR) is 73.6 cm³/mol. The molecule has 17 heavy (non-hydrogen) atoms. The average molecular weight is 273 g/mol. The van der Waals surface area contributed by atoms with Gasteiger partial charge >= 0.3 is 0 Å². The number of nitrogens with two attached hydrogens (primary N) is 1. The van der Waals surface area contributed by atoms with Crippen molar-refractivity contribution in [1.29, 1.82) is 0 Å². The highest BCUT2D eigenvalue weighted by Gasteiger charge is 2.23. The van der Waals surface area contributed by atoms with Gasteiger partial charge in [-0.25, -0.2) is 0 Å². The Hall–Kier alpha value is -0.710. The van der Waals surface area contributed by atoms with E-state index in [1.165, 1.54) is 0 Å². The second-order valence-electron chi connectivity index (χ2n) is 3.99. The monoisotopic (exact) mass is 272 g/mol. The van der Waals surface area contributed by atoms with Crippen LogP contribution in [-0.4, -0.2) is 35.7 Å². The van der Waals surface area contributed by atoms with Gasteiger partial charge < -0.3 is 10.6 Å². The van der Waals surface area contributed by atoms with Gasteiger partial charge in [0, 0.05) is 24.0 Å². The minimum atomic E-state index is 0. The van der Waals surface area contributed by atoms with Crippen molar-refractivity contribution in [2.75, 3.05) is 18.8 Å². The standard InChI is InChI=1S/C12H16N2OS.ClH/c13-10-6-7-14(8-10)12(15)9-16-11-4-2-1-3-5-11;/h1-5,10H,6-9,13H2;1H/t10-;/m0./s1. The van der Waals surface area contributed by atoms with Gasteiger partial charge in [0.05, 0.1) is 5.75 Å². The summed E-state index contributed by atoms with van der Waals surface area (Å²) in [5, 5.41) is 0. The number of hydrogen-bond donors (Lipinski definition) is 1. The lowest BCUT2D eigenvalue weighted by atomic mass is 10.3. The summed E-state index contributed by atoms with van der Waals surface area (Å²) in [7, 11) is 0. The fraction of sp³-hybridized carbons (Fsp3) is 0.417. The zero-order chi connectivity index (χ0) is 11.4. The molecular formula is C12H17ClN2OS. The molecule has 2 N–H and O–H groups in total. The summed E-state index contributed by atoms with van der Waals surface area (Å²) in [5.74, 6) is 0.707. The Bertz CT molecular complexity index is 361. The first-order chi connectivity index (χ1) is 7.75. The number of rotatable bonds is 3. The van der Waals surface area contributed by atoms with Gasteiger partial charge in [0.2, 0.25) is 5.91 Å². The van der Waals surface area contributed by atoms with Crippen LogP contribution in [0, 0.1) is 0 Å². The fourth-order valence-corrected chi connectivity index (χ4v) is 2.59. The fourth-order valence-electron chi connectivity index (χ4n) is 1.77. The molecule has 0 spiro atoms. The third-order valence-corrected chi connectivity index (χ3v) is 3.68. The van der Waals surface area contributed by atoms with Crippen LogP contribution in [0.2, 0.25) is 0 Å². The van der Waals surface area contributed by atoms with Gasteiger partial charge in [-0.2, -0.15) is 0 Å². The van der Waals surface area contributed by atoms with E-state index in [-0.39, 0.29) is 24.4 Å². The number of thioether (sulfide) groups is 1. The van der Waals surface area contributed by atoms with Crippen molar-refractivity contribution in [3.05, 3.63) is 30.3 Å². The zero-order valence-electron chi connectivity index (χ0n) is 9.54. The lowest BCUT2D eigenvalue weighted by Gasteiger charge is -2.15. The first-order valence-corrected chi connectivity index (χ1v) is 6.45. The van der Waals surface area contributed by atoms with E-state index in [1.807, 2.05) is 35.2 Å². The van der Waals surface area contributed by atoms with Crippen LogP contribution in [0.3, 0.4) is 0 Å². The smallest absolute Gasteiger partial charge is 0.232 e. The highest BCUT2D eigenvalue weighted by Crippen LogP contribution is 2.18. The highest BCUT2D eigenvalue weighted by atomic mass is 35.5. The van der Waals surface area contributed by atoms with Gasteiger partial charge in [-0.1, -0.05) is 18.2 Å². The Morgan fingerprint density at radius 2 is 2.12 bits per heavy atom. The number of likely N-dealkylation sites (tertiary alicyclic amines) is 1. The van der Waals surface area contributed by atoms with Crippen molar-refractivity contribution >= 4 is 30.1 Å². The van der Waals surface area contributed by atoms with E-state index in [0.717, 1.165) is 17.9 Å². The molecule has 0 aromatic heterocycles. The van der Waals surface area contributed by atoms with E-state index < -0.39 is 0 Å². The molecule has 1 amide bonds. The molecule has 1 heterocycles. The molecule has 1 aromatic rings. The van der Waals surface area contributed by atoms with E-state index in [2.05, 4.69) is 0 Å². The Morgan fingerprint density at radius 3 is 2.71 bits per heavy atom. The van der Waals surface area contributed by atoms with Crippen molar-refractivity contribution in [1.82, 2.24) is 4.90 Å². The molecule has 1 aromatic carbocycles. The molecule has 0 aliphatic carbocycles. The lowest BCUT2D eigenvalue weighted by molar-refractivity contribution is -0.127. The van der Waals surface area contributed by atoms with Gasteiger partial charge in [0.25, 0.3) is 0 Å². The van der Waals surface area contributed by atoms with Crippen LogP contribution in [0.15, 0.2) is 35.2 Å². The SMILES string of the molecule is Cl.N[C@H]1CCN(C(=O)CSc2ccccc2)C1. The maximum atomic E-state index is 11.8. The summed E-state index contributed by atoms with van der Waals surface area (Å²) in [6.45, 7) is 1.53. The van der Waals surface area contributed by atoms with E-state index in [1.54, 1.807) is 11.8 Å². The molecule has 0 bridgehead atoms. The quantitative estimate of drug-likeness (QED) is 0.853. The second kappa shape index (κ2) is 6.89. The summed E-state index contributed by atoms with van der Waals surface area (Å²) in [5.41, 5.74) is 5.77. The van der Waals surface area contributed by atoms with Gasteiger partial charge in [-0.3, -0.25) is 4.79 Å². The number of amides is 1. The first-order valence-electron chi connectivity index (χ1n) is 5.47. The predicted octanol–water partition coefficient (Wildman–Crippen LogP) is 1.76. The molecule has 1 fully saturated rings. The van der Waals surface area contributed by atoms with Gasteiger partial charge in [0.15, 0.2) is 0 Å². The normalized spacial score (nSPS) is 18.9. The van der Waals surface area contributed by atoms with Crippen LogP contribution in [0.25, 0.3) is 0 Å². The molecule has 2 rings (SSSR count). The van der Waals surface area contributed by atoms with Crippen LogP contribution in [0.1, 0.15) is 6.42 Å². The molecule has 3 nitrogen and oxygen atoms in total. The molecule has 5 heteroatoms. The minimum Gasteiger partial charge on any atom is -0.340 e. The molecule has 1 aliphatic heterocycles. The molecule has 1 atom stereocenters. The van der Waals surface area contributed by atoms with E-state index in [9.17, 15) is 4.79 Å². The summed E-state index contributed by atoms with van der Waals surface area (Å²) in [4.78, 5) is 14.8. The molecule has 94 valence electrons. The third kappa shape index (κ3) is 4.22. The number of carbonyl (C=O) groups excluding carboxylic acids is 1. The van der Waals surface area contributed by atoms with E-state index in [4.69, 9.17) is 5.73 Å². The summed E-state index contributed by atoms with van der Waals surface area (Å²) >= 11 is 1.58. The zero-order valence-corrected chi connectivity index (χ0v) is 11.2. The van der Waals surface area contributed by atoms with Crippen molar-refractivity contribution in [2.24, 2.45) is 5.73 Å². The third-order valence-electron chi connectivity index (χ3n) is 2.68. The van der Waals surface area contributed by atoms with Gasteiger partial charge in [0.1, 0.15) is 0 Å². The van der Waals surface area contributed by atoms with E-state index >= 15 is 0 Å². The number of hydrogen-bond acceptors (Lipinski definition) is 3. The lowest BCUT2D eigenvalue weighted by Crippen LogP contribution is -2.33. The minimum absolute atomic E-state index is 0. The van der Waals surface area contributed by atoms with Crippen molar-refractivity contribution in [2.45, 2.75) is 17.4 Å². The van der Waals surface area contributed by atoms with Crippen LogP contribution < -0.4 is 5.73 Å². The van der Waals surface area contributed by atoms with Crippen LogP contribution >= 0.6 is 24.2 Å². The average Bonchev–Trinajstić information content (AvgIpc) is 2.74. The van der Waals surface area contributed by atoms with Crippen molar-refractivity contribution in [3.8, 4) is 0 Å². The Labute approximate surface area is 112 Å². The topological polar surface area (TPSA) is 46.3 Å². The first kappa shape index (κ1) is 14.4. The molecule has 0 radical (unpaired) electrons. The molecular weight excluding hydrogens is 256 g/mol. The Balaban J connectivity index is 0.00000144. The Kier molecular flexibility index (Phi) is 5.82. The van der Waals surface area contributed by atoms with Gasteiger partial charge in [-0.15, -0.1) is 24.2 Å². The highest BCUT2D eigenvalue weighted by molar-refractivity contribution is 8.00. The summed E-state index contributed by atoms with van der Waals surface area (Å²) in [6, 6.07) is 10.2.